The molecule has 4 nitrogen and oxygen atoms in total. The molecule has 1 rings (SSSR count). The molecule has 0 saturated carbocycles. The second kappa shape index (κ2) is 5.72. The van der Waals surface area contributed by atoms with Crippen molar-refractivity contribution in [2.45, 2.75) is 6.92 Å². The van der Waals surface area contributed by atoms with E-state index in [1.165, 1.54) is 7.11 Å². The second-order valence-electron chi connectivity index (χ2n) is 3.48. The Morgan fingerprint density at radius 2 is 2.31 bits per heavy atom. The Kier molecular flexibility index (Phi) is 4.58. The Hall–Kier alpha value is -1.26. The molecule has 1 atom stereocenters. The molecule has 0 radical (unpaired) electrons. The first-order chi connectivity index (χ1) is 7.58. The van der Waals surface area contributed by atoms with E-state index in [-0.39, 0.29) is 11.8 Å². The summed E-state index contributed by atoms with van der Waals surface area (Å²) < 4.78 is 5.05. The maximum Gasteiger partial charge on any atom is 0.228 e. The van der Waals surface area contributed by atoms with Gasteiger partial charge in [-0.2, -0.15) is 0 Å². The fraction of sp³-hybridized carbons (Fsp3) is 0.364. The third-order valence-corrected chi connectivity index (χ3v) is 2.53. The first kappa shape index (κ1) is 12.8. The maximum absolute atomic E-state index is 11.6. The van der Waals surface area contributed by atoms with Gasteiger partial charge in [0.25, 0.3) is 0 Å². The zero-order valence-electron chi connectivity index (χ0n) is 9.29. The molecule has 0 bridgehead atoms. The van der Waals surface area contributed by atoms with Crippen molar-refractivity contribution in [3.05, 3.63) is 23.2 Å². The van der Waals surface area contributed by atoms with Gasteiger partial charge in [0.15, 0.2) is 0 Å². The van der Waals surface area contributed by atoms with Gasteiger partial charge in [0.1, 0.15) is 5.75 Å². The van der Waals surface area contributed by atoms with Gasteiger partial charge in [-0.15, -0.1) is 0 Å². The van der Waals surface area contributed by atoms with Crippen molar-refractivity contribution >= 4 is 23.2 Å². The van der Waals surface area contributed by atoms with Crippen molar-refractivity contribution < 1.29 is 9.53 Å². The Labute approximate surface area is 99.7 Å². The van der Waals surface area contributed by atoms with Crippen molar-refractivity contribution in [2.24, 2.45) is 11.7 Å². The van der Waals surface area contributed by atoms with Crippen LogP contribution in [0.25, 0.3) is 0 Å². The van der Waals surface area contributed by atoms with Gasteiger partial charge in [-0.05, 0) is 12.1 Å². The zero-order chi connectivity index (χ0) is 12.1. The van der Waals surface area contributed by atoms with E-state index in [4.69, 9.17) is 22.1 Å². The fourth-order valence-corrected chi connectivity index (χ4v) is 1.30. The highest BCUT2D eigenvalue weighted by atomic mass is 35.5. The minimum absolute atomic E-state index is 0.119. The number of hydrogen-bond acceptors (Lipinski definition) is 3. The molecule has 0 aliphatic heterocycles. The third kappa shape index (κ3) is 3.12. The molecule has 5 heteroatoms. The van der Waals surface area contributed by atoms with Crippen LogP contribution in [0.4, 0.5) is 5.69 Å². The van der Waals surface area contributed by atoms with Crippen LogP contribution in [-0.2, 0) is 4.79 Å². The van der Waals surface area contributed by atoms with Crippen LogP contribution in [0.3, 0.4) is 0 Å². The predicted octanol–water partition coefficient (Wildman–Crippen LogP) is 1.88. The van der Waals surface area contributed by atoms with Gasteiger partial charge < -0.3 is 15.8 Å². The Balaban J connectivity index is 2.78. The van der Waals surface area contributed by atoms with Gasteiger partial charge in [0.2, 0.25) is 5.91 Å². The SMILES string of the molecule is COc1cc(NC(=O)C(C)CN)ccc1Cl. The number of nitrogens with two attached hydrogens (primary N) is 1. The largest absolute Gasteiger partial charge is 0.495 e. The molecule has 0 spiro atoms. The first-order valence-corrected chi connectivity index (χ1v) is 5.30. The number of carbonyl (C=O) groups excluding carboxylic acids is 1. The van der Waals surface area contributed by atoms with E-state index >= 15 is 0 Å². The Morgan fingerprint density at radius 1 is 1.62 bits per heavy atom. The Bertz CT molecular complexity index is 382. The van der Waals surface area contributed by atoms with E-state index in [0.29, 0.717) is 23.0 Å². The summed E-state index contributed by atoms with van der Waals surface area (Å²) in [6.45, 7) is 2.08. The number of carbonyl (C=O) groups is 1. The van der Waals surface area contributed by atoms with E-state index in [9.17, 15) is 4.79 Å². The monoisotopic (exact) mass is 242 g/mol. The van der Waals surface area contributed by atoms with Crippen LogP contribution in [0.15, 0.2) is 18.2 Å². The molecule has 0 fully saturated rings. The summed E-state index contributed by atoms with van der Waals surface area (Å²) in [5.41, 5.74) is 6.05. The van der Waals surface area contributed by atoms with E-state index in [2.05, 4.69) is 5.32 Å². The van der Waals surface area contributed by atoms with Crippen LogP contribution in [0.5, 0.6) is 5.75 Å². The highest BCUT2D eigenvalue weighted by Crippen LogP contribution is 2.27. The van der Waals surface area contributed by atoms with Crippen LogP contribution in [0.1, 0.15) is 6.92 Å². The fourth-order valence-electron chi connectivity index (χ4n) is 1.11. The molecular formula is C11H15ClN2O2. The lowest BCUT2D eigenvalue weighted by atomic mass is 10.1. The summed E-state index contributed by atoms with van der Waals surface area (Å²) in [4.78, 5) is 11.6. The molecule has 0 aliphatic carbocycles. The van der Waals surface area contributed by atoms with Crippen molar-refractivity contribution in [3.8, 4) is 5.75 Å². The van der Waals surface area contributed by atoms with Gasteiger partial charge >= 0.3 is 0 Å². The summed E-state index contributed by atoms with van der Waals surface area (Å²) >= 11 is 5.87. The summed E-state index contributed by atoms with van der Waals surface area (Å²) in [5.74, 6) is 0.188. The summed E-state index contributed by atoms with van der Waals surface area (Å²) in [5, 5.41) is 3.24. The molecule has 1 aromatic rings. The summed E-state index contributed by atoms with van der Waals surface area (Å²) in [6.07, 6.45) is 0. The van der Waals surface area contributed by atoms with Gasteiger partial charge in [-0.25, -0.2) is 0 Å². The normalized spacial score (nSPS) is 12.0. The minimum atomic E-state index is -0.221. The molecule has 1 aromatic carbocycles. The van der Waals surface area contributed by atoms with Crippen LogP contribution in [0.2, 0.25) is 5.02 Å². The molecule has 3 N–H and O–H groups in total. The molecular weight excluding hydrogens is 228 g/mol. The summed E-state index contributed by atoms with van der Waals surface area (Å²) in [7, 11) is 1.52. The van der Waals surface area contributed by atoms with Crippen LogP contribution < -0.4 is 15.8 Å². The number of amides is 1. The average molecular weight is 243 g/mol. The lowest BCUT2D eigenvalue weighted by Crippen LogP contribution is -2.26. The second-order valence-corrected chi connectivity index (χ2v) is 3.88. The molecule has 1 unspecified atom stereocenters. The van der Waals surface area contributed by atoms with E-state index in [0.717, 1.165) is 0 Å². The van der Waals surface area contributed by atoms with Crippen LogP contribution in [-0.4, -0.2) is 19.6 Å². The molecule has 0 aliphatic rings. The lowest BCUT2D eigenvalue weighted by Gasteiger charge is -2.11. The predicted molar refractivity (Wildman–Crippen MR) is 64.9 cm³/mol. The van der Waals surface area contributed by atoms with E-state index < -0.39 is 0 Å². The van der Waals surface area contributed by atoms with Crippen molar-refractivity contribution in [3.63, 3.8) is 0 Å². The number of hydrogen-bond donors (Lipinski definition) is 2. The van der Waals surface area contributed by atoms with Crippen molar-refractivity contribution in [1.82, 2.24) is 0 Å². The number of rotatable bonds is 4. The van der Waals surface area contributed by atoms with Gasteiger partial charge in [-0.3, -0.25) is 4.79 Å². The van der Waals surface area contributed by atoms with Gasteiger partial charge in [-0.1, -0.05) is 18.5 Å². The highest BCUT2D eigenvalue weighted by Gasteiger charge is 2.11. The van der Waals surface area contributed by atoms with Crippen molar-refractivity contribution in [2.75, 3.05) is 19.0 Å². The first-order valence-electron chi connectivity index (χ1n) is 4.93. The highest BCUT2D eigenvalue weighted by molar-refractivity contribution is 6.32. The van der Waals surface area contributed by atoms with Gasteiger partial charge in [0, 0.05) is 24.2 Å². The molecule has 88 valence electrons. The zero-order valence-corrected chi connectivity index (χ0v) is 10.0. The number of ether oxygens (including phenoxy) is 1. The van der Waals surface area contributed by atoms with E-state index in [1.807, 2.05) is 0 Å². The smallest absolute Gasteiger partial charge is 0.228 e. The molecule has 0 saturated heterocycles. The molecule has 0 aromatic heterocycles. The number of benzene rings is 1. The van der Waals surface area contributed by atoms with Crippen LogP contribution >= 0.6 is 11.6 Å². The number of nitrogens with one attached hydrogen (secondary N) is 1. The third-order valence-electron chi connectivity index (χ3n) is 2.22. The topological polar surface area (TPSA) is 64.3 Å². The quantitative estimate of drug-likeness (QED) is 0.847. The minimum Gasteiger partial charge on any atom is -0.495 e. The maximum atomic E-state index is 11.6. The number of methoxy groups -OCH3 is 1. The van der Waals surface area contributed by atoms with Gasteiger partial charge in [0.05, 0.1) is 12.1 Å². The van der Waals surface area contributed by atoms with Crippen molar-refractivity contribution in [1.29, 1.82) is 0 Å². The summed E-state index contributed by atoms with van der Waals surface area (Å²) in [6, 6.07) is 5.05. The molecule has 1 amide bonds. The molecule has 0 heterocycles. The Morgan fingerprint density at radius 3 is 2.88 bits per heavy atom. The number of anilines is 1. The van der Waals surface area contributed by atoms with Crippen LogP contribution in [0, 0.1) is 5.92 Å². The lowest BCUT2D eigenvalue weighted by molar-refractivity contribution is -0.119. The average Bonchev–Trinajstić information content (AvgIpc) is 2.30. The molecule has 16 heavy (non-hydrogen) atoms. The number of halogens is 1. The standard InChI is InChI=1S/C11H15ClN2O2/c1-7(6-13)11(15)14-8-3-4-9(12)10(5-8)16-2/h3-5,7H,6,13H2,1-2H3,(H,14,15). The van der Waals surface area contributed by atoms with E-state index in [1.54, 1.807) is 25.1 Å².